The maximum Gasteiger partial charge on any atom is 0.252 e. The predicted molar refractivity (Wildman–Crippen MR) is 107 cm³/mol. The van der Waals surface area contributed by atoms with E-state index in [1.807, 2.05) is 18.2 Å². The lowest BCUT2D eigenvalue weighted by Crippen LogP contribution is -2.23. The Balaban J connectivity index is 1.74. The SMILES string of the molecule is CCCc1ccc2c(c1)cc(C#CCNC(=O)c1ccccc1)n2CC. The number of carbonyl (C=O) groups excluding carboxylic acids is 1. The lowest BCUT2D eigenvalue weighted by molar-refractivity contribution is 0.0958. The van der Waals surface area contributed by atoms with Crippen LogP contribution in [0.1, 0.15) is 41.9 Å². The molecular formula is C23H24N2O. The average Bonchev–Trinajstić information content (AvgIpc) is 3.02. The number of nitrogens with zero attached hydrogens (tertiary/aromatic N) is 1. The molecule has 0 atom stereocenters. The topological polar surface area (TPSA) is 34.0 Å². The van der Waals surface area contributed by atoms with Gasteiger partial charge in [-0.3, -0.25) is 4.79 Å². The molecule has 1 heterocycles. The van der Waals surface area contributed by atoms with Crippen molar-refractivity contribution < 1.29 is 4.79 Å². The fraction of sp³-hybridized carbons (Fsp3) is 0.261. The normalized spacial score (nSPS) is 10.4. The van der Waals surface area contributed by atoms with E-state index in [0.29, 0.717) is 12.1 Å². The van der Waals surface area contributed by atoms with E-state index in [9.17, 15) is 4.79 Å². The molecule has 0 aliphatic rings. The Kier molecular flexibility index (Phi) is 5.76. The van der Waals surface area contributed by atoms with Crippen molar-refractivity contribution in [2.45, 2.75) is 33.2 Å². The van der Waals surface area contributed by atoms with Crippen LogP contribution in [0.3, 0.4) is 0 Å². The van der Waals surface area contributed by atoms with Crippen molar-refractivity contribution in [1.82, 2.24) is 9.88 Å². The van der Waals surface area contributed by atoms with Crippen molar-refractivity contribution in [2.24, 2.45) is 0 Å². The summed E-state index contributed by atoms with van der Waals surface area (Å²) in [6.45, 7) is 5.53. The predicted octanol–water partition coefficient (Wildman–Crippen LogP) is 4.40. The van der Waals surface area contributed by atoms with Gasteiger partial charge in [0.25, 0.3) is 5.91 Å². The number of carbonyl (C=O) groups is 1. The maximum atomic E-state index is 12.0. The number of nitrogens with one attached hydrogen (secondary N) is 1. The second-order valence-electron chi connectivity index (χ2n) is 6.27. The van der Waals surface area contributed by atoms with Gasteiger partial charge in [-0.25, -0.2) is 0 Å². The van der Waals surface area contributed by atoms with Gasteiger partial charge < -0.3 is 9.88 Å². The molecule has 0 saturated heterocycles. The number of aryl methyl sites for hydroxylation is 2. The summed E-state index contributed by atoms with van der Waals surface area (Å²) in [6, 6.07) is 18.0. The summed E-state index contributed by atoms with van der Waals surface area (Å²) in [7, 11) is 0. The van der Waals surface area contributed by atoms with E-state index in [0.717, 1.165) is 25.1 Å². The second-order valence-corrected chi connectivity index (χ2v) is 6.27. The van der Waals surface area contributed by atoms with Crippen LogP contribution in [0.25, 0.3) is 10.9 Å². The van der Waals surface area contributed by atoms with Crippen LogP contribution in [0, 0.1) is 11.8 Å². The fourth-order valence-electron chi connectivity index (χ4n) is 3.16. The molecule has 0 spiro atoms. The number of fused-ring (bicyclic) bond motifs is 1. The summed E-state index contributed by atoms with van der Waals surface area (Å²) in [4.78, 5) is 12.0. The molecule has 132 valence electrons. The lowest BCUT2D eigenvalue weighted by atomic mass is 10.1. The van der Waals surface area contributed by atoms with E-state index in [4.69, 9.17) is 0 Å². The monoisotopic (exact) mass is 344 g/mol. The van der Waals surface area contributed by atoms with Crippen LogP contribution in [0.15, 0.2) is 54.6 Å². The zero-order valence-corrected chi connectivity index (χ0v) is 15.4. The zero-order valence-electron chi connectivity index (χ0n) is 15.4. The van der Waals surface area contributed by atoms with Gasteiger partial charge in [-0.1, -0.05) is 43.5 Å². The smallest absolute Gasteiger partial charge is 0.252 e. The molecule has 2 aromatic carbocycles. The Morgan fingerprint density at radius 1 is 1.08 bits per heavy atom. The van der Waals surface area contributed by atoms with E-state index >= 15 is 0 Å². The highest BCUT2D eigenvalue weighted by atomic mass is 16.1. The molecule has 1 N–H and O–H groups in total. The molecule has 0 aliphatic carbocycles. The highest BCUT2D eigenvalue weighted by Crippen LogP contribution is 2.21. The highest BCUT2D eigenvalue weighted by Gasteiger charge is 2.06. The first kappa shape index (κ1) is 17.8. The van der Waals surface area contributed by atoms with Crippen molar-refractivity contribution in [2.75, 3.05) is 6.54 Å². The van der Waals surface area contributed by atoms with Gasteiger partial charge in [0.05, 0.1) is 12.2 Å². The summed E-state index contributed by atoms with van der Waals surface area (Å²) in [6.07, 6.45) is 2.24. The summed E-state index contributed by atoms with van der Waals surface area (Å²) in [5.74, 6) is 6.19. The molecule has 26 heavy (non-hydrogen) atoms. The summed E-state index contributed by atoms with van der Waals surface area (Å²) >= 11 is 0. The number of rotatable bonds is 5. The largest absolute Gasteiger partial charge is 0.341 e. The van der Waals surface area contributed by atoms with Crippen molar-refractivity contribution in [3.8, 4) is 11.8 Å². The summed E-state index contributed by atoms with van der Waals surface area (Å²) in [5, 5.41) is 4.08. The van der Waals surface area contributed by atoms with Gasteiger partial charge >= 0.3 is 0 Å². The number of hydrogen-bond acceptors (Lipinski definition) is 1. The molecule has 0 bridgehead atoms. The molecule has 0 fully saturated rings. The molecule has 0 aliphatic heterocycles. The molecule has 1 amide bonds. The summed E-state index contributed by atoms with van der Waals surface area (Å²) < 4.78 is 2.22. The molecule has 3 nitrogen and oxygen atoms in total. The third-order valence-electron chi connectivity index (χ3n) is 4.41. The number of benzene rings is 2. The van der Waals surface area contributed by atoms with E-state index in [-0.39, 0.29) is 5.91 Å². The number of amides is 1. The average molecular weight is 344 g/mol. The first-order chi connectivity index (χ1) is 12.7. The minimum Gasteiger partial charge on any atom is -0.341 e. The zero-order chi connectivity index (χ0) is 18.4. The van der Waals surface area contributed by atoms with Gasteiger partial charge in [-0.2, -0.15) is 0 Å². The number of hydrogen-bond donors (Lipinski definition) is 1. The molecule has 0 saturated carbocycles. The third kappa shape index (κ3) is 3.97. The molecule has 3 heteroatoms. The second kappa shape index (κ2) is 8.40. The van der Waals surface area contributed by atoms with Gasteiger partial charge in [0.1, 0.15) is 0 Å². The molecule has 3 aromatic rings. The van der Waals surface area contributed by atoms with Crippen LogP contribution >= 0.6 is 0 Å². The standard InChI is InChI=1S/C23H24N2O/c1-3-9-18-13-14-22-20(16-18)17-21(25(22)4-2)12-8-15-24-23(26)19-10-6-5-7-11-19/h5-7,10-11,13-14,16-17H,3-4,9,15H2,1-2H3,(H,24,26). The maximum absolute atomic E-state index is 12.0. The van der Waals surface area contributed by atoms with Gasteiger partial charge in [0.15, 0.2) is 0 Å². The first-order valence-corrected chi connectivity index (χ1v) is 9.17. The van der Waals surface area contributed by atoms with Crippen molar-refractivity contribution >= 4 is 16.8 Å². The Hall–Kier alpha value is -2.99. The van der Waals surface area contributed by atoms with Gasteiger partial charge in [-0.05, 0) is 55.2 Å². The van der Waals surface area contributed by atoms with Crippen molar-refractivity contribution in [3.05, 3.63) is 71.4 Å². The Morgan fingerprint density at radius 3 is 2.62 bits per heavy atom. The minimum atomic E-state index is -0.0971. The Bertz CT molecular complexity index is 958. The van der Waals surface area contributed by atoms with Gasteiger partial charge in [0, 0.05) is 23.0 Å². The van der Waals surface area contributed by atoms with Gasteiger partial charge in [-0.15, -0.1) is 0 Å². The number of aromatic nitrogens is 1. The minimum absolute atomic E-state index is 0.0971. The van der Waals surface area contributed by atoms with Crippen LogP contribution in [0.5, 0.6) is 0 Å². The van der Waals surface area contributed by atoms with E-state index in [1.54, 1.807) is 12.1 Å². The van der Waals surface area contributed by atoms with Crippen molar-refractivity contribution in [1.29, 1.82) is 0 Å². The van der Waals surface area contributed by atoms with E-state index in [1.165, 1.54) is 16.5 Å². The molecular weight excluding hydrogens is 320 g/mol. The molecule has 0 unspecified atom stereocenters. The van der Waals surface area contributed by atoms with E-state index < -0.39 is 0 Å². The third-order valence-corrected chi connectivity index (χ3v) is 4.41. The Labute approximate surface area is 155 Å². The Morgan fingerprint density at radius 2 is 1.88 bits per heavy atom. The summed E-state index contributed by atoms with van der Waals surface area (Å²) in [5.41, 5.74) is 4.22. The quantitative estimate of drug-likeness (QED) is 0.684. The highest BCUT2D eigenvalue weighted by molar-refractivity contribution is 5.94. The first-order valence-electron chi connectivity index (χ1n) is 9.17. The molecule has 0 radical (unpaired) electrons. The van der Waals surface area contributed by atoms with Gasteiger partial charge in [0.2, 0.25) is 0 Å². The molecule has 1 aromatic heterocycles. The van der Waals surface area contributed by atoms with E-state index in [2.05, 4.69) is 59.8 Å². The molecule has 3 rings (SSSR count). The van der Waals surface area contributed by atoms with Crippen molar-refractivity contribution in [3.63, 3.8) is 0 Å². The van der Waals surface area contributed by atoms with Crippen LogP contribution in [0.2, 0.25) is 0 Å². The lowest BCUT2D eigenvalue weighted by Gasteiger charge is -2.04. The van der Waals surface area contributed by atoms with Crippen LogP contribution in [0.4, 0.5) is 0 Å². The van der Waals surface area contributed by atoms with Crippen LogP contribution in [-0.4, -0.2) is 17.0 Å². The fourth-order valence-corrected chi connectivity index (χ4v) is 3.16. The van der Waals surface area contributed by atoms with Crippen LogP contribution < -0.4 is 5.32 Å². The van der Waals surface area contributed by atoms with Crippen LogP contribution in [-0.2, 0) is 13.0 Å².